The van der Waals surface area contributed by atoms with Crippen molar-refractivity contribution in [1.82, 2.24) is 9.80 Å². The first-order chi connectivity index (χ1) is 8.70. The molecule has 2 aliphatic heterocycles. The predicted octanol–water partition coefficient (Wildman–Crippen LogP) is 1.23. The second-order valence-corrected chi connectivity index (χ2v) is 5.60. The number of urea groups is 1. The molecule has 3 aliphatic rings. The minimum absolute atomic E-state index is 0.00694. The number of imide groups is 1. The van der Waals surface area contributed by atoms with Gasteiger partial charge in [0.1, 0.15) is 0 Å². The third-order valence-electron chi connectivity index (χ3n) is 4.55. The Morgan fingerprint density at radius 2 is 1.83 bits per heavy atom. The third-order valence-corrected chi connectivity index (χ3v) is 4.55. The summed E-state index contributed by atoms with van der Waals surface area (Å²) in [4.78, 5) is 28.0. The summed E-state index contributed by atoms with van der Waals surface area (Å²) in [6, 6.07) is -0.0637. The maximum absolute atomic E-state index is 12.5. The van der Waals surface area contributed by atoms with Crippen molar-refractivity contribution in [1.29, 1.82) is 0 Å². The summed E-state index contributed by atoms with van der Waals surface area (Å²) in [5, 5.41) is 0. The van der Waals surface area contributed by atoms with E-state index in [0.717, 1.165) is 25.7 Å². The number of fused-ring (bicyclic) bond motifs is 1. The highest BCUT2D eigenvalue weighted by atomic mass is 16.5. The quantitative estimate of drug-likeness (QED) is 0.705. The molecule has 0 N–H and O–H groups in total. The normalized spacial score (nSPS) is 34.1. The first kappa shape index (κ1) is 12.0. The van der Waals surface area contributed by atoms with Crippen molar-refractivity contribution in [3.63, 3.8) is 0 Å². The van der Waals surface area contributed by atoms with Crippen LogP contribution in [0.4, 0.5) is 4.79 Å². The molecule has 5 heteroatoms. The van der Waals surface area contributed by atoms with E-state index in [1.165, 1.54) is 11.3 Å². The van der Waals surface area contributed by atoms with Gasteiger partial charge in [-0.05, 0) is 12.8 Å². The van der Waals surface area contributed by atoms with Crippen molar-refractivity contribution >= 4 is 11.9 Å². The van der Waals surface area contributed by atoms with Gasteiger partial charge >= 0.3 is 6.03 Å². The van der Waals surface area contributed by atoms with Crippen LogP contribution < -0.4 is 0 Å². The molecule has 0 aromatic rings. The van der Waals surface area contributed by atoms with Crippen LogP contribution in [-0.2, 0) is 9.53 Å². The number of hydrogen-bond acceptors (Lipinski definition) is 3. The van der Waals surface area contributed by atoms with E-state index in [2.05, 4.69) is 0 Å². The van der Waals surface area contributed by atoms with E-state index in [1.807, 2.05) is 0 Å². The lowest BCUT2D eigenvalue weighted by Gasteiger charge is -2.43. The topological polar surface area (TPSA) is 49.9 Å². The van der Waals surface area contributed by atoms with E-state index in [9.17, 15) is 9.59 Å². The summed E-state index contributed by atoms with van der Waals surface area (Å²) < 4.78 is 5.37. The summed E-state index contributed by atoms with van der Waals surface area (Å²) in [5.41, 5.74) is 0. The maximum atomic E-state index is 12.5. The molecule has 2 atom stereocenters. The van der Waals surface area contributed by atoms with Crippen molar-refractivity contribution in [2.24, 2.45) is 5.92 Å². The van der Waals surface area contributed by atoms with Crippen LogP contribution in [0, 0.1) is 5.92 Å². The summed E-state index contributed by atoms with van der Waals surface area (Å²) in [5.74, 6) is -0.151. The molecule has 0 aromatic heterocycles. The van der Waals surface area contributed by atoms with Gasteiger partial charge in [0.2, 0.25) is 5.91 Å². The molecule has 5 nitrogen and oxygen atoms in total. The van der Waals surface area contributed by atoms with Crippen LogP contribution in [0.5, 0.6) is 0 Å². The van der Waals surface area contributed by atoms with Crippen molar-refractivity contribution in [3.05, 3.63) is 0 Å². The molecule has 3 fully saturated rings. The monoisotopic (exact) mass is 252 g/mol. The minimum atomic E-state index is -0.144. The second-order valence-electron chi connectivity index (χ2n) is 5.60. The molecule has 3 rings (SSSR count). The summed E-state index contributed by atoms with van der Waals surface area (Å²) in [6.45, 7) is 0.960. The largest absolute Gasteiger partial charge is 0.378 e. The summed E-state index contributed by atoms with van der Waals surface area (Å²) >= 11 is 0. The van der Waals surface area contributed by atoms with Crippen LogP contribution in [0.2, 0.25) is 0 Å². The number of ether oxygens (including phenoxy) is 1. The van der Waals surface area contributed by atoms with Crippen LogP contribution in [0.15, 0.2) is 0 Å². The van der Waals surface area contributed by atoms with Gasteiger partial charge in [0.05, 0.1) is 25.2 Å². The molecule has 1 aliphatic carbocycles. The van der Waals surface area contributed by atoms with Crippen molar-refractivity contribution in [3.8, 4) is 0 Å². The molecular formula is C13H20N2O3. The smallest absolute Gasteiger partial charge is 0.327 e. The number of nitrogens with zero attached hydrogens (tertiary/aromatic N) is 2. The van der Waals surface area contributed by atoms with E-state index in [1.54, 1.807) is 11.9 Å². The highest BCUT2D eigenvalue weighted by Crippen LogP contribution is 2.32. The number of carbonyl (C=O) groups excluding carboxylic acids is 2. The second kappa shape index (κ2) is 4.53. The average molecular weight is 252 g/mol. The van der Waals surface area contributed by atoms with Crippen LogP contribution in [0.1, 0.15) is 32.1 Å². The molecule has 0 spiro atoms. The summed E-state index contributed by atoms with van der Waals surface area (Å²) in [7, 11) is 1.79. The highest BCUT2D eigenvalue weighted by Gasteiger charge is 2.49. The average Bonchev–Trinajstić information content (AvgIpc) is 2.87. The fraction of sp³-hybridized carbons (Fsp3) is 0.846. The summed E-state index contributed by atoms with van der Waals surface area (Å²) in [6.07, 6.45) is 5.39. The van der Waals surface area contributed by atoms with Gasteiger partial charge in [0.25, 0.3) is 0 Å². The zero-order valence-corrected chi connectivity index (χ0v) is 10.8. The first-order valence-electron chi connectivity index (χ1n) is 6.88. The first-order valence-corrected chi connectivity index (χ1v) is 6.88. The van der Waals surface area contributed by atoms with Gasteiger partial charge in [0.15, 0.2) is 0 Å². The van der Waals surface area contributed by atoms with Crippen LogP contribution >= 0.6 is 0 Å². The Hall–Kier alpha value is -1.10. The lowest BCUT2D eigenvalue weighted by molar-refractivity contribution is -0.139. The Labute approximate surface area is 107 Å². The molecule has 18 heavy (non-hydrogen) atoms. The van der Waals surface area contributed by atoms with Crippen LogP contribution in [0.3, 0.4) is 0 Å². The Morgan fingerprint density at radius 3 is 2.56 bits per heavy atom. The number of rotatable bonds is 1. The standard InChI is InChI=1S/C13H20N2O3/c1-14-11-8-18-7-10(11)12(16)15(13(14)17)9-5-3-2-4-6-9/h9-11H,2-8H2,1H3. The lowest BCUT2D eigenvalue weighted by atomic mass is 9.91. The fourth-order valence-corrected chi connectivity index (χ4v) is 3.42. The molecule has 0 aromatic carbocycles. The Kier molecular flexibility index (Phi) is 3.01. The molecule has 0 bridgehead atoms. The molecular weight excluding hydrogens is 232 g/mol. The minimum Gasteiger partial charge on any atom is -0.378 e. The van der Waals surface area contributed by atoms with Gasteiger partial charge in [-0.1, -0.05) is 19.3 Å². The van der Waals surface area contributed by atoms with Gasteiger partial charge < -0.3 is 9.64 Å². The van der Waals surface area contributed by atoms with Crippen LogP contribution in [0.25, 0.3) is 0 Å². The predicted molar refractivity (Wildman–Crippen MR) is 65.0 cm³/mol. The van der Waals surface area contributed by atoms with Crippen molar-refractivity contribution in [2.45, 2.75) is 44.2 Å². The van der Waals surface area contributed by atoms with Gasteiger partial charge in [-0.3, -0.25) is 9.69 Å². The molecule has 2 heterocycles. The molecule has 1 saturated carbocycles. The van der Waals surface area contributed by atoms with E-state index in [-0.39, 0.29) is 29.9 Å². The number of hydrogen-bond donors (Lipinski definition) is 0. The van der Waals surface area contributed by atoms with E-state index in [4.69, 9.17) is 4.74 Å². The van der Waals surface area contributed by atoms with E-state index < -0.39 is 0 Å². The number of amides is 3. The SMILES string of the molecule is CN1C(=O)N(C2CCCCC2)C(=O)C2COCC21. The van der Waals surface area contributed by atoms with Gasteiger partial charge in [-0.25, -0.2) is 4.79 Å². The Balaban J connectivity index is 1.84. The lowest BCUT2D eigenvalue weighted by Crippen LogP contribution is -2.62. The Bertz CT molecular complexity index is 365. The van der Waals surface area contributed by atoms with Gasteiger partial charge in [0, 0.05) is 13.1 Å². The third kappa shape index (κ3) is 1.72. The van der Waals surface area contributed by atoms with Crippen LogP contribution in [-0.4, -0.2) is 54.1 Å². The molecule has 3 amide bonds. The molecule has 2 saturated heterocycles. The van der Waals surface area contributed by atoms with Gasteiger partial charge in [-0.2, -0.15) is 0 Å². The van der Waals surface area contributed by atoms with Crippen molar-refractivity contribution in [2.75, 3.05) is 20.3 Å². The van der Waals surface area contributed by atoms with Gasteiger partial charge in [-0.15, -0.1) is 0 Å². The molecule has 0 radical (unpaired) electrons. The van der Waals surface area contributed by atoms with Crippen molar-refractivity contribution < 1.29 is 14.3 Å². The highest BCUT2D eigenvalue weighted by molar-refractivity contribution is 5.99. The maximum Gasteiger partial charge on any atom is 0.327 e. The molecule has 2 unspecified atom stereocenters. The Morgan fingerprint density at radius 1 is 1.11 bits per heavy atom. The zero-order chi connectivity index (χ0) is 12.7. The fourth-order valence-electron chi connectivity index (χ4n) is 3.42. The zero-order valence-electron chi connectivity index (χ0n) is 10.8. The van der Waals surface area contributed by atoms with E-state index >= 15 is 0 Å². The number of likely N-dealkylation sites (N-methyl/N-ethyl adjacent to an activating group) is 1. The van der Waals surface area contributed by atoms with E-state index in [0.29, 0.717) is 13.2 Å². The number of carbonyl (C=O) groups is 2. The molecule has 100 valence electrons.